The molecule has 5 N–H and O–H groups in total. The van der Waals surface area contributed by atoms with Crippen molar-refractivity contribution in [2.75, 3.05) is 78.7 Å². The third-order valence-electron chi connectivity index (χ3n) is 6.30. The van der Waals surface area contributed by atoms with Crippen LogP contribution >= 0.6 is 0 Å². The number of nitrogens with zero attached hydrogens (tertiary/aromatic N) is 1. The number of anilines is 2. The minimum Gasteiger partial charge on any atom is -0.388 e. The highest BCUT2D eigenvalue weighted by molar-refractivity contribution is 5.55. The van der Waals surface area contributed by atoms with Crippen LogP contribution < -0.4 is 31.5 Å². The molecule has 1 unspecified atom stereocenters. The molecule has 2 aliphatic rings. The number of fused-ring (bicyclic) bond motifs is 1. The molecule has 212 valence electrons. The fourth-order valence-electron chi connectivity index (χ4n) is 4.04. The lowest BCUT2D eigenvalue weighted by Gasteiger charge is -2.28. The van der Waals surface area contributed by atoms with Gasteiger partial charge in [0.1, 0.15) is 0 Å². The van der Waals surface area contributed by atoms with Gasteiger partial charge in [0.05, 0.1) is 0 Å². The van der Waals surface area contributed by atoms with Gasteiger partial charge in [-0.15, -0.1) is 0 Å². The summed E-state index contributed by atoms with van der Waals surface area (Å²) in [5, 5.41) is 15.1. The van der Waals surface area contributed by atoms with Gasteiger partial charge in [0.15, 0.2) is 0 Å². The van der Waals surface area contributed by atoms with Crippen LogP contribution in [-0.2, 0) is 6.42 Å². The van der Waals surface area contributed by atoms with Crippen molar-refractivity contribution in [3.8, 4) is 0 Å². The molecule has 1 aliphatic carbocycles. The fraction of sp³-hybridized carbons (Fsp3) is 0.613. The SMILES string of the molecule is CCNC.CCNC.CNC.CNC1CCCc2ccccc21.CNc1ccc(N2CCCCC2)cc1. The first-order valence-electron chi connectivity index (χ1n) is 14.2. The van der Waals surface area contributed by atoms with Gasteiger partial charge in [0.2, 0.25) is 0 Å². The number of piperidine rings is 1. The predicted octanol–water partition coefficient (Wildman–Crippen LogP) is 5.29. The predicted molar refractivity (Wildman–Crippen MR) is 167 cm³/mol. The second-order valence-corrected chi connectivity index (χ2v) is 9.19. The van der Waals surface area contributed by atoms with Crippen LogP contribution in [0, 0.1) is 0 Å². The zero-order valence-electron chi connectivity index (χ0n) is 25.2. The minimum absolute atomic E-state index is 0.593. The summed E-state index contributed by atoms with van der Waals surface area (Å²) in [4.78, 5) is 2.48. The lowest BCUT2D eigenvalue weighted by atomic mass is 9.88. The van der Waals surface area contributed by atoms with E-state index in [1.54, 1.807) is 0 Å². The number of aryl methyl sites for hydroxylation is 1. The number of rotatable bonds is 5. The van der Waals surface area contributed by atoms with Gasteiger partial charge in [-0.1, -0.05) is 38.1 Å². The van der Waals surface area contributed by atoms with Gasteiger partial charge in [-0.2, -0.15) is 0 Å². The molecular weight excluding hydrogens is 456 g/mol. The van der Waals surface area contributed by atoms with E-state index < -0.39 is 0 Å². The summed E-state index contributed by atoms with van der Waals surface area (Å²) >= 11 is 0. The van der Waals surface area contributed by atoms with Crippen molar-refractivity contribution in [1.29, 1.82) is 0 Å². The van der Waals surface area contributed by atoms with E-state index in [1.165, 1.54) is 74.1 Å². The largest absolute Gasteiger partial charge is 0.388 e. The van der Waals surface area contributed by atoms with Crippen LogP contribution in [0.5, 0.6) is 0 Å². The summed E-state index contributed by atoms with van der Waals surface area (Å²) in [6.07, 6.45) is 7.94. The van der Waals surface area contributed by atoms with Gasteiger partial charge in [-0.3, -0.25) is 0 Å². The topological polar surface area (TPSA) is 63.4 Å². The molecule has 1 saturated heterocycles. The third kappa shape index (κ3) is 15.7. The summed E-state index contributed by atoms with van der Waals surface area (Å²) in [7, 11) is 11.6. The molecule has 0 bridgehead atoms. The molecule has 0 saturated carbocycles. The standard InChI is InChI=1S/C12H18N2.C11H15N.2C3H9N.C2H7N/c1-13-11-5-7-12(8-6-11)14-9-3-2-4-10-14;1-12-11-8-4-6-9-5-2-3-7-10(9)11;2*1-3-4-2;1-3-2/h5-8,13H,2-4,9-10H2,1H3;2-3,5,7,11-12H,4,6,8H2,1H3;2*4H,3H2,1-2H3;3H,1-2H3. The van der Waals surface area contributed by atoms with Crippen LogP contribution in [0.1, 0.15) is 63.1 Å². The van der Waals surface area contributed by atoms with Crippen LogP contribution in [0.25, 0.3) is 0 Å². The maximum absolute atomic E-state index is 3.36. The Morgan fingerprint density at radius 1 is 0.730 bits per heavy atom. The lowest BCUT2D eigenvalue weighted by Crippen LogP contribution is -2.29. The zero-order valence-corrected chi connectivity index (χ0v) is 25.2. The molecule has 0 amide bonds. The molecule has 4 rings (SSSR count). The second-order valence-electron chi connectivity index (χ2n) is 9.19. The minimum atomic E-state index is 0.593. The number of nitrogens with one attached hydrogen (secondary N) is 5. The lowest BCUT2D eigenvalue weighted by molar-refractivity contribution is 0.496. The molecule has 0 aromatic heterocycles. The maximum Gasteiger partial charge on any atom is 0.0367 e. The molecule has 0 radical (unpaired) electrons. The van der Waals surface area contributed by atoms with Gasteiger partial charge in [-0.25, -0.2) is 0 Å². The smallest absolute Gasteiger partial charge is 0.0367 e. The molecule has 2 aromatic carbocycles. The van der Waals surface area contributed by atoms with Crippen LogP contribution in [0.3, 0.4) is 0 Å². The van der Waals surface area contributed by atoms with Crippen molar-refractivity contribution < 1.29 is 0 Å². The van der Waals surface area contributed by atoms with Crippen molar-refractivity contribution >= 4 is 11.4 Å². The first kappa shape index (κ1) is 34.9. The number of hydrogen-bond acceptors (Lipinski definition) is 6. The first-order valence-corrected chi connectivity index (χ1v) is 14.2. The summed E-state index contributed by atoms with van der Waals surface area (Å²) in [6, 6.07) is 18.1. The van der Waals surface area contributed by atoms with Gasteiger partial charge in [0, 0.05) is 37.6 Å². The van der Waals surface area contributed by atoms with E-state index in [0.717, 1.165) is 13.1 Å². The average molecular weight is 515 g/mol. The highest BCUT2D eigenvalue weighted by Gasteiger charge is 2.17. The fourth-order valence-corrected chi connectivity index (χ4v) is 4.04. The van der Waals surface area contributed by atoms with E-state index >= 15 is 0 Å². The quantitative estimate of drug-likeness (QED) is 0.374. The molecule has 1 aliphatic heterocycles. The maximum atomic E-state index is 3.36. The van der Waals surface area contributed by atoms with Crippen LogP contribution in [0.4, 0.5) is 11.4 Å². The monoisotopic (exact) mass is 514 g/mol. The van der Waals surface area contributed by atoms with E-state index in [4.69, 9.17) is 0 Å². The highest BCUT2D eigenvalue weighted by Crippen LogP contribution is 2.28. The summed E-state index contributed by atoms with van der Waals surface area (Å²) in [5.41, 5.74) is 5.59. The van der Waals surface area contributed by atoms with Crippen molar-refractivity contribution in [2.24, 2.45) is 0 Å². The van der Waals surface area contributed by atoms with Crippen LogP contribution in [-0.4, -0.2) is 68.5 Å². The van der Waals surface area contributed by atoms with Crippen molar-refractivity contribution in [2.45, 2.75) is 58.4 Å². The van der Waals surface area contributed by atoms with E-state index in [0.29, 0.717) is 6.04 Å². The average Bonchev–Trinajstić information content (AvgIpc) is 2.98. The molecule has 1 atom stereocenters. The van der Waals surface area contributed by atoms with Crippen LogP contribution in [0.15, 0.2) is 48.5 Å². The van der Waals surface area contributed by atoms with E-state index in [9.17, 15) is 0 Å². The molecule has 37 heavy (non-hydrogen) atoms. The van der Waals surface area contributed by atoms with Gasteiger partial charge >= 0.3 is 0 Å². The molecule has 1 fully saturated rings. The summed E-state index contributed by atoms with van der Waals surface area (Å²) in [6.45, 7) is 8.72. The van der Waals surface area contributed by atoms with Crippen molar-refractivity contribution in [3.63, 3.8) is 0 Å². The zero-order chi connectivity index (χ0) is 27.7. The van der Waals surface area contributed by atoms with Crippen LogP contribution in [0.2, 0.25) is 0 Å². The Kier molecular flexibility index (Phi) is 22.8. The normalized spacial score (nSPS) is 15.6. The Bertz CT molecular complexity index is 736. The van der Waals surface area contributed by atoms with Crippen molar-refractivity contribution in [3.05, 3.63) is 59.7 Å². The Hall–Kier alpha value is -2.12. The Morgan fingerprint density at radius 3 is 1.76 bits per heavy atom. The van der Waals surface area contributed by atoms with Gasteiger partial charge in [0.25, 0.3) is 0 Å². The number of benzene rings is 2. The summed E-state index contributed by atoms with van der Waals surface area (Å²) in [5.74, 6) is 0. The molecule has 6 heteroatoms. The van der Waals surface area contributed by atoms with E-state index in [1.807, 2.05) is 42.3 Å². The van der Waals surface area contributed by atoms with Gasteiger partial charge < -0.3 is 31.5 Å². The molecular formula is C31H58N6. The first-order chi connectivity index (χ1) is 18.1. The van der Waals surface area contributed by atoms with E-state index in [2.05, 4.69) is 93.9 Å². The Balaban J connectivity index is 0.000000509. The number of hydrogen-bond donors (Lipinski definition) is 5. The molecule has 1 heterocycles. The van der Waals surface area contributed by atoms with Crippen molar-refractivity contribution in [1.82, 2.24) is 21.3 Å². The molecule has 0 spiro atoms. The molecule has 2 aromatic rings. The third-order valence-corrected chi connectivity index (χ3v) is 6.30. The highest BCUT2D eigenvalue weighted by atomic mass is 15.1. The second kappa shape index (κ2) is 24.2. The Morgan fingerprint density at radius 2 is 1.27 bits per heavy atom. The van der Waals surface area contributed by atoms with Gasteiger partial charge in [-0.05, 0) is 122 Å². The molecule has 6 nitrogen and oxygen atoms in total. The Labute approximate surface area is 229 Å². The van der Waals surface area contributed by atoms with E-state index in [-0.39, 0.29) is 0 Å². The summed E-state index contributed by atoms with van der Waals surface area (Å²) < 4.78 is 0.